The lowest BCUT2D eigenvalue weighted by Gasteiger charge is -2.10. The van der Waals surface area contributed by atoms with Crippen LogP contribution in [0, 0.1) is 6.92 Å². The number of carbonyl (C=O) groups is 1. The predicted octanol–water partition coefficient (Wildman–Crippen LogP) is 4.70. The number of nitrogens with one attached hydrogen (secondary N) is 1. The van der Waals surface area contributed by atoms with Crippen molar-refractivity contribution in [3.8, 4) is 17.0 Å². The molecule has 0 aliphatic carbocycles. The van der Waals surface area contributed by atoms with E-state index in [-0.39, 0.29) is 5.91 Å². The van der Waals surface area contributed by atoms with E-state index in [9.17, 15) is 4.79 Å². The second-order valence-corrected chi connectivity index (χ2v) is 6.66. The molecule has 0 saturated carbocycles. The zero-order chi connectivity index (χ0) is 17.6. The molecule has 25 heavy (non-hydrogen) atoms. The van der Waals surface area contributed by atoms with Gasteiger partial charge in [-0.3, -0.25) is 4.79 Å². The van der Waals surface area contributed by atoms with Crippen LogP contribution in [-0.4, -0.2) is 17.5 Å². The first kappa shape index (κ1) is 17.2. The average Bonchev–Trinajstić information content (AvgIpc) is 3.03. The summed E-state index contributed by atoms with van der Waals surface area (Å²) in [6, 6.07) is 15.3. The molecule has 0 unspecified atom stereocenters. The number of aryl methyl sites for hydroxylation is 1. The summed E-state index contributed by atoms with van der Waals surface area (Å²) in [5.41, 5.74) is 3.55. The lowest BCUT2D eigenvalue weighted by atomic mass is 10.1. The van der Waals surface area contributed by atoms with E-state index in [0.29, 0.717) is 13.0 Å². The molecule has 0 saturated heterocycles. The third kappa shape index (κ3) is 4.45. The van der Waals surface area contributed by atoms with Crippen molar-refractivity contribution in [2.24, 2.45) is 0 Å². The summed E-state index contributed by atoms with van der Waals surface area (Å²) in [5, 5.41) is 6.01. The molecular weight excluding hydrogens is 332 g/mol. The van der Waals surface area contributed by atoms with Gasteiger partial charge >= 0.3 is 0 Å². The fraction of sp³-hybridized carbons (Fsp3) is 0.200. The molecule has 1 N–H and O–H groups in total. The normalized spacial score (nSPS) is 10.5. The zero-order valence-electron chi connectivity index (χ0n) is 14.3. The number of carbonyl (C=O) groups excluding carboxylic acids is 1. The van der Waals surface area contributed by atoms with Gasteiger partial charge in [0.05, 0.1) is 29.4 Å². The summed E-state index contributed by atoms with van der Waals surface area (Å²) >= 11 is 1.60. The number of amides is 1. The molecule has 0 aliphatic rings. The van der Waals surface area contributed by atoms with Gasteiger partial charge in [0.1, 0.15) is 5.75 Å². The van der Waals surface area contributed by atoms with Crippen molar-refractivity contribution in [2.75, 3.05) is 11.9 Å². The van der Waals surface area contributed by atoms with Crippen molar-refractivity contribution in [1.82, 2.24) is 4.98 Å². The maximum Gasteiger partial charge on any atom is 0.228 e. The Morgan fingerprint density at radius 1 is 1.16 bits per heavy atom. The summed E-state index contributed by atoms with van der Waals surface area (Å²) in [4.78, 5) is 16.9. The van der Waals surface area contributed by atoms with E-state index in [0.717, 1.165) is 33.3 Å². The number of hydrogen-bond acceptors (Lipinski definition) is 4. The Hall–Kier alpha value is -2.66. The van der Waals surface area contributed by atoms with Crippen molar-refractivity contribution in [1.29, 1.82) is 0 Å². The Kier molecular flexibility index (Phi) is 5.46. The predicted molar refractivity (Wildman–Crippen MR) is 102 cm³/mol. The number of aromatic nitrogens is 1. The van der Waals surface area contributed by atoms with E-state index in [1.807, 2.05) is 67.8 Å². The highest BCUT2D eigenvalue weighted by Gasteiger charge is 2.11. The molecule has 0 fully saturated rings. The number of para-hydroxylation sites is 1. The Morgan fingerprint density at radius 3 is 2.60 bits per heavy atom. The molecule has 1 amide bonds. The lowest BCUT2D eigenvalue weighted by Crippen LogP contribution is -2.15. The van der Waals surface area contributed by atoms with Crippen molar-refractivity contribution in [2.45, 2.75) is 20.3 Å². The van der Waals surface area contributed by atoms with Gasteiger partial charge in [-0.05, 0) is 37.6 Å². The lowest BCUT2D eigenvalue weighted by molar-refractivity contribution is -0.115. The summed E-state index contributed by atoms with van der Waals surface area (Å²) in [5.74, 6) is 0.763. The first-order chi connectivity index (χ1) is 12.2. The fourth-order valence-electron chi connectivity index (χ4n) is 2.55. The number of rotatable bonds is 6. The van der Waals surface area contributed by atoms with E-state index in [1.54, 1.807) is 11.3 Å². The van der Waals surface area contributed by atoms with Gasteiger partial charge in [-0.25, -0.2) is 4.98 Å². The summed E-state index contributed by atoms with van der Waals surface area (Å²) < 4.78 is 5.42. The van der Waals surface area contributed by atoms with Gasteiger partial charge in [0.2, 0.25) is 5.91 Å². The summed E-state index contributed by atoms with van der Waals surface area (Å²) in [6.07, 6.45) is 0.316. The molecule has 1 heterocycles. The standard InChI is InChI=1S/C20H20N2O2S/c1-3-24-16-10-8-15(9-11-16)12-20(23)22-18-7-5-4-6-17(18)19-13-25-14(2)21-19/h4-11,13H,3,12H2,1-2H3,(H,22,23). The SMILES string of the molecule is CCOc1ccc(CC(=O)Nc2ccccc2-c2csc(C)n2)cc1. The molecule has 0 aliphatic heterocycles. The number of benzene rings is 2. The Labute approximate surface area is 151 Å². The molecular formula is C20H20N2O2S. The molecule has 3 aromatic rings. The highest BCUT2D eigenvalue weighted by Crippen LogP contribution is 2.28. The van der Waals surface area contributed by atoms with Gasteiger partial charge in [0.25, 0.3) is 0 Å². The van der Waals surface area contributed by atoms with Crippen LogP contribution in [0.2, 0.25) is 0 Å². The van der Waals surface area contributed by atoms with E-state index in [2.05, 4.69) is 10.3 Å². The van der Waals surface area contributed by atoms with Crippen LogP contribution < -0.4 is 10.1 Å². The molecule has 5 heteroatoms. The van der Waals surface area contributed by atoms with Gasteiger partial charge in [-0.15, -0.1) is 11.3 Å². The maximum atomic E-state index is 12.4. The molecule has 0 bridgehead atoms. The van der Waals surface area contributed by atoms with Gasteiger partial charge in [0.15, 0.2) is 0 Å². The minimum atomic E-state index is -0.0523. The van der Waals surface area contributed by atoms with E-state index in [4.69, 9.17) is 4.74 Å². The molecule has 2 aromatic carbocycles. The van der Waals surface area contributed by atoms with E-state index in [1.165, 1.54) is 0 Å². The minimum Gasteiger partial charge on any atom is -0.494 e. The van der Waals surface area contributed by atoms with Crippen molar-refractivity contribution < 1.29 is 9.53 Å². The van der Waals surface area contributed by atoms with E-state index < -0.39 is 0 Å². The Morgan fingerprint density at radius 2 is 1.92 bits per heavy atom. The third-order valence-corrected chi connectivity index (χ3v) is 4.47. The van der Waals surface area contributed by atoms with Crippen LogP contribution >= 0.6 is 11.3 Å². The minimum absolute atomic E-state index is 0.0523. The Bertz CT molecular complexity index is 856. The van der Waals surface area contributed by atoms with Gasteiger partial charge in [-0.2, -0.15) is 0 Å². The number of anilines is 1. The largest absolute Gasteiger partial charge is 0.494 e. The molecule has 1 aromatic heterocycles. The Balaban J connectivity index is 1.71. The number of ether oxygens (including phenoxy) is 1. The van der Waals surface area contributed by atoms with Crippen LogP contribution in [0.3, 0.4) is 0 Å². The molecule has 0 atom stereocenters. The topological polar surface area (TPSA) is 51.2 Å². The van der Waals surface area contributed by atoms with Crippen molar-refractivity contribution >= 4 is 22.9 Å². The second kappa shape index (κ2) is 7.94. The van der Waals surface area contributed by atoms with Crippen LogP contribution in [0.5, 0.6) is 5.75 Å². The first-order valence-electron chi connectivity index (χ1n) is 8.19. The summed E-state index contributed by atoms with van der Waals surface area (Å²) in [7, 11) is 0. The number of hydrogen-bond donors (Lipinski definition) is 1. The highest BCUT2D eigenvalue weighted by molar-refractivity contribution is 7.09. The maximum absolute atomic E-state index is 12.4. The first-order valence-corrected chi connectivity index (χ1v) is 9.07. The second-order valence-electron chi connectivity index (χ2n) is 5.60. The van der Waals surface area contributed by atoms with Gasteiger partial charge in [0, 0.05) is 10.9 Å². The van der Waals surface area contributed by atoms with Crippen molar-refractivity contribution in [3.63, 3.8) is 0 Å². The van der Waals surface area contributed by atoms with Crippen LogP contribution in [0.4, 0.5) is 5.69 Å². The van der Waals surface area contributed by atoms with Crippen LogP contribution in [0.25, 0.3) is 11.3 Å². The third-order valence-electron chi connectivity index (χ3n) is 3.70. The van der Waals surface area contributed by atoms with Crippen LogP contribution in [0.1, 0.15) is 17.5 Å². The van der Waals surface area contributed by atoms with Gasteiger partial charge < -0.3 is 10.1 Å². The smallest absolute Gasteiger partial charge is 0.228 e. The fourth-order valence-corrected chi connectivity index (χ4v) is 3.17. The monoisotopic (exact) mass is 352 g/mol. The average molecular weight is 352 g/mol. The molecule has 3 rings (SSSR count). The highest BCUT2D eigenvalue weighted by atomic mass is 32.1. The van der Waals surface area contributed by atoms with Crippen LogP contribution in [0.15, 0.2) is 53.9 Å². The number of nitrogens with zero attached hydrogens (tertiary/aromatic N) is 1. The van der Waals surface area contributed by atoms with Crippen molar-refractivity contribution in [3.05, 3.63) is 64.5 Å². The molecule has 0 radical (unpaired) electrons. The van der Waals surface area contributed by atoms with Crippen LogP contribution in [-0.2, 0) is 11.2 Å². The quantitative estimate of drug-likeness (QED) is 0.700. The zero-order valence-corrected chi connectivity index (χ0v) is 15.1. The molecule has 4 nitrogen and oxygen atoms in total. The van der Waals surface area contributed by atoms with E-state index >= 15 is 0 Å². The number of thiazole rings is 1. The van der Waals surface area contributed by atoms with Gasteiger partial charge in [-0.1, -0.05) is 30.3 Å². The molecule has 128 valence electrons. The summed E-state index contributed by atoms with van der Waals surface area (Å²) in [6.45, 7) is 4.55. The molecule has 0 spiro atoms.